The fourth-order valence-corrected chi connectivity index (χ4v) is 2.18. The Kier molecular flexibility index (Phi) is 3.99. The van der Waals surface area contributed by atoms with Gasteiger partial charge in [-0.1, -0.05) is 12.1 Å². The number of nitrogens with zero attached hydrogens (tertiary/aromatic N) is 1. The maximum atomic E-state index is 13.7. The predicted molar refractivity (Wildman–Crippen MR) is 81.8 cm³/mol. The molecule has 1 aliphatic heterocycles. The van der Waals surface area contributed by atoms with Crippen molar-refractivity contribution in [3.05, 3.63) is 64.5 Å². The number of halogens is 1. The summed E-state index contributed by atoms with van der Waals surface area (Å²) in [4.78, 5) is 27.4. The van der Waals surface area contributed by atoms with E-state index in [0.29, 0.717) is 5.76 Å². The molecule has 3 rings (SSSR count). The van der Waals surface area contributed by atoms with Crippen LogP contribution in [0.5, 0.6) is 0 Å². The largest absolute Gasteiger partial charge is 0.465 e. The minimum absolute atomic E-state index is 0.0570. The van der Waals surface area contributed by atoms with E-state index in [-0.39, 0.29) is 28.5 Å². The smallest absolute Gasteiger partial charge is 0.363 e. The van der Waals surface area contributed by atoms with Crippen LogP contribution in [0.15, 0.2) is 45.4 Å². The second-order valence-electron chi connectivity index (χ2n) is 4.93. The molecule has 2 aromatic rings. The molecular formula is C17H12FNO5. The molecule has 0 fully saturated rings. The van der Waals surface area contributed by atoms with Crippen LogP contribution in [-0.4, -0.2) is 24.9 Å². The zero-order valence-electron chi connectivity index (χ0n) is 12.8. The monoisotopic (exact) mass is 329 g/mol. The summed E-state index contributed by atoms with van der Waals surface area (Å²) in [7, 11) is 1.26. The number of rotatable bonds is 3. The van der Waals surface area contributed by atoms with Gasteiger partial charge in [-0.15, -0.1) is 0 Å². The molecule has 1 aromatic heterocycles. The number of furan rings is 1. The first-order chi connectivity index (χ1) is 11.5. The van der Waals surface area contributed by atoms with Gasteiger partial charge in [-0.25, -0.2) is 19.0 Å². The van der Waals surface area contributed by atoms with Crippen LogP contribution in [0.25, 0.3) is 6.08 Å². The zero-order chi connectivity index (χ0) is 17.3. The number of esters is 2. The van der Waals surface area contributed by atoms with Crippen LogP contribution >= 0.6 is 0 Å². The Labute approximate surface area is 136 Å². The van der Waals surface area contributed by atoms with Gasteiger partial charge in [0.2, 0.25) is 5.90 Å². The molecule has 6 nitrogen and oxygen atoms in total. The minimum Gasteiger partial charge on any atom is -0.465 e. The number of aliphatic imine (C=N–C) groups is 1. The standard InChI is InChI=1S/C17H12FNO5/c1-9-12(16(20)22-2)7-10(23-9)8-14-17(21)24-15(19-14)11-5-3-4-6-13(11)18/h3-8H,1-2H3/b14-8-. The van der Waals surface area contributed by atoms with Crippen molar-refractivity contribution in [3.63, 3.8) is 0 Å². The molecule has 0 bridgehead atoms. The summed E-state index contributed by atoms with van der Waals surface area (Å²) in [5, 5.41) is 0. The lowest BCUT2D eigenvalue weighted by Crippen LogP contribution is -2.07. The summed E-state index contributed by atoms with van der Waals surface area (Å²) in [5.74, 6) is -1.38. The highest BCUT2D eigenvalue weighted by Gasteiger charge is 2.26. The zero-order valence-corrected chi connectivity index (χ0v) is 12.8. The maximum absolute atomic E-state index is 13.7. The first kappa shape index (κ1) is 15.7. The first-order valence-electron chi connectivity index (χ1n) is 6.96. The van der Waals surface area contributed by atoms with Crippen molar-refractivity contribution in [1.82, 2.24) is 0 Å². The highest BCUT2D eigenvalue weighted by Crippen LogP contribution is 2.23. The summed E-state index contributed by atoms with van der Waals surface area (Å²) in [5.41, 5.74) is 0.271. The molecule has 0 saturated heterocycles. The molecule has 1 aliphatic rings. The topological polar surface area (TPSA) is 78.1 Å². The van der Waals surface area contributed by atoms with E-state index in [1.54, 1.807) is 13.0 Å². The number of aryl methyl sites for hydroxylation is 1. The highest BCUT2D eigenvalue weighted by molar-refractivity contribution is 6.12. The number of benzene rings is 1. The fourth-order valence-electron chi connectivity index (χ4n) is 2.18. The number of ether oxygens (including phenoxy) is 2. The third-order valence-electron chi connectivity index (χ3n) is 3.35. The number of hydrogen-bond acceptors (Lipinski definition) is 6. The van der Waals surface area contributed by atoms with E-state index in [0.717, 1.165) is 0 Å². The third-order valence-corrected chi connectivity index (χ3v) is 3.35. The molecule has 0 saturated carbocycles. The number of carbonyl (C=O) groups is 2. The first-order valence-corrected chi connectivity index (χ1v) is 6.96. The van der Waals surface area contributed by atoms with Gasteiger partial charge in [-0.2, -0.15) is 0 Å². The number of carbonyl (C=O) groups excluding carboxylic acids is 2. The van der Waals surface area contributed by atoms with Crippen molar-refractivity contribution in [2.75, 3.05) is 7.11 Å². The SMILES string of the molecule is COC(=O)c1cc(/C=C2\N=C(c3ccccc3F)OC2=O)oc1C. The molecule has 0 N–H and O–H groups in total. The molecule has 7 heteroatoms. The van der Waals surface area contributed by atoms with Gasteiger partial charge in [0.25, 0.3) is 0 Å². The van der Waals surface area contributed by atoms with Crippen LogP contribution in [0, 0.1) is 12.7 Å². The van der Waals surface area contributed by atoms with Crippen LogP contribution in [0.3, 0.4) is 0 Å². The summed E-state index contributed by atoms with van der Waals surface area (Å²) >= 11 is 0. The third kappa shape index (κ3) is 2.83. The lowest BCUT2D eigenvalue weighted by atomic mass is 10.2. The van der Waals surface area contributed by atoms with Gasteiger partial charge < -0.3 is 13.9 Å². The van der Waals surface area contributed by atoms with Crippen molar-refractivity contribution in [1.29, 1.82) is 0 Å². The van der Waals surface area contributed by atoms with Crippen molar-refractivity contribution < 1.29 is 27.9 Å². The quantitative estimate of drug-likeness (QED) is 0.639. The van der Waals surface area contributed by atoms with Crippen LogP contribution in [0.4, 0.5) is 4.39 Å². The molecule has 2 heterocycles. The number of hydrogen-bond donors (Lipinski definition) is 0. The number of cyclic esters (lactones) is 1. The molecule has 1 aromatic carbocycles. The van der Waals surface area contributed by atoms with Crippen molar-refractivity contribution in [2.24, 2.45) is 4.99 Å². The molecule has 0 aliphatic carbocycles. The van der Waals surface area contributed by atoms with Gasteiger partial charge in [0.15, 0.2) is 5.70 Å². The molecule has 122 valence electrons. The van der Waals surface area contributed by atoms with E-state index in [1.165, 1.54) is 37.5 Å². The second-order valence-corrected chi connectivity index (χ2v) is 4.93. The van der Waals surface area contributed by atoms with E-state index in [9.17, 15) is 14.0 Å². The van der Waals surface area contributed by atoms with Gasteiger partial charge in [0.1, 0.15) is 22.9 Å². The molecule has 0 amide bonds. The van der Waals surface area contributed by atoms with Gasteiger partial charge in [-0.3, -0.25) is 0 Å². The van der Waals surface area contributed by atoms with Crippen molar-refractivity contribution in [3.8, 4) is 0 Å². The van der Waals surface area contributed by atoms with Crippen molar-refractivity contribution in [2.45, 2.75) is 6.92 Å². The predicted octanol–water partition coefficient (Wildman–Crippen LogP) is 2.86. The van der Waals surface area contributed by atoms with Crippen LogP contribution < -0.4 is 0 Å². The van der Waals surface area contributed by atoms with E-state index < -0.39 is 17.8 Å². The molecule has 0 unspecified atom stereocenters. The Morgan fingerprint density at radius 1 is 1.33 bits per heavy atom. The average Bonchev–Trinajstić information content (AvgIpc) is 3.10. The van der Waals surface area contributed by atoms with Gasteiger partial charge in [0, 0.05) is 6.08 Å². The Hall–Kier alpha value is -3.22. The van der Waals surface area contributed by atoms with Crippen molar-refractivity contribution >= 4 is 23.9 Å². The fraction of sp³-hybridized carbons (Fsp3) is 0.118. The Morgan fingerprint density at radius 3 is 2.79 bits per heavy atom. The summed E-state index contributed by atoms with van der Waals surface area (Å²) in [6, 6.07) is 7.25. The lowest BCUT2D eigenvalue weighted by Gasteiger charge is -1.99. The molecular weight excluding hydrogens is 317 g/mol. The van der Waals surface area contributed by atoms with E-state index in [4.69, 9.17) is 9.15 Å². The van der Waals surface area contributed by atoms with E-state index in [1.807, 2.05) is 0 Å². The molecule has 0 radical (unpaired) electrons. The normalized spacial score (nSPS) is 15.4. The maximum Gasteiger partial charge on any atom is 0.363 e. The Morgan fingerprint density at radius 2 is 2.08 bits per heavy atom. The Balaban J connectivity index is 1.95. The average molecular weight is 329 g/mol. The van der Waals surface area contributed by atoms with Crippen LogP contribution in [-0.2, 0) is 14.3 Å². The summed E-state index contributed by atoms with van der Waals surface area (Å²) < 4.78 is 28.7. The van der Waals surface area contributed by atoms with Gasteiger partial charge in [-0.05, 0) is 25.1 Å². The summed E-state index contributed by atoms with van der Waals surface area (Å²) in [6.45, 7) is 1.59. The van der Waals surface area contributed by atoms with Crippen LogP contribution in [0.1, 0.15) is 27.4 Å². The van der Waals surface area contributed by atoms with Crippen LogP contribution in [0.2, 0.25) is 0 Å². The molecule has 0 spiro atoms. The van der Waals surface area contributed by atoms with E-state index in [2.05, 4.69) is 9.73 Å². The highest BCUT2D eigenvalue weighted by atomic mass is 19.1. The number of methoxy groups -OCH3 is 1. The van der Waals surface area contributed by atoms with Gasteiger partial charge >= 0.3 is 11.9 Å². The van der Waals surface area contributed by atoms with Gasteiger partial charge in [0.05, 0.1) is 12.7 Å². The minimum atomic E-state index is -0.734. The van der Waals surface area contributed by atoms with E-state index >= 15 is 0 Å². The second kappa shape index (κ2) is 6.11. The Bertz CT molecular complexity index is 894. The molecule has 0 atom stereocenters. The molecule has 24 heavy (non-hydrogen) atoms. The lowest BCUT2D eigenvalue weighted by molar-refractivity contribution is -0.129. The summed E-state index contributed by atoms with van der Waals surface area (Å²) in [6.07, 6.45) is 1.32.